The van der Waals surface area contributed by atoms with E-state index in [2.05, 4.69) is 17.4 Å². The van der Waals surface area contributed by atoms with Gasteiger partial charge >= 0.3 is 0 Å². The molecule has 1 saturated heterocycles. The minimum Gasteiger partial charge on any atom is -0.381 e. The molecule has 0 saturated carbocycles. The van der Waals surface area contributed by atoms with Crippen molar-refractivity contribution in [2.75, 3.05) is 19.8 Å². The standard InChI is InChI=1S/C18H20FNO/c19-17-8-6-16(7-9-17)18(15-4-2-1-3-5-15)20-12-14-10-11-21-13-14/h1-9,14,18,20H,10-13H2. The fourth-order valence-corrected chi connectivity index (χ4v) is 2.76. The first-order chi connectivity index (χ1) is 10.3. The number of rotatable bonds is 5. The van der Waals surface area contributed by atoms with Gasteiger partial charge in [-0.15, -0.1) is 0 Å². The summed E-state index contributed by atoms with van der Waals surface area (Å²) in [5.41, 5.74) is 2.28. The highest BCUT2D eigenvalue weighted by Crippen LogP contribution is 2.23. The third-order valence-electron chi connectivity index (χ3n) is 3.97. The number of nitrogens with one attached hydrogen (secondary N) is 1. The van der Waals surface area contributed by atoms with Crippen LogP contribution in [0.4, 0.5) is 4.39 Å². The first-order valence-electron chi connectivity index (χ1n) is 7.44. The highest BCUT2D eigenvalue weighted by Gasteiger charge is 2.19. The van der Waals surface area contributed by atoms with Crippen molar-refractivity contribution >= 4 is 0 Å². The zero-order chi connectivity index (χ0) is 14.5. The van der Waals surface area contributed by atoms with Crippen LogP contribution in [0.3, 0.4) is 0 Å². The van der Waals surface area contributed by atoms with Crippen LogP contribution in [0.15, 0.2) is 54.6 Å². The molecule has 3 heteroatoms. The SMILES string of the molecule is Fc1ccc(C(NCC2CCOC2)c2ccccc2)cc1. The van der Waals surface area contributed by atoms with Crippen LogP contribution in [0.1, 0.15) is 23.6 Å². The molecule has 0 bridgehead atoms. The van der Waals surface area contributed by atoms with Crippen LogP contribution in [-0.4, -0.2) is 19.8 Å². The molecule has 1 heterocycles. The van der Waals surface area contributed by atoms with Crippen molar-refractivity contribution in [3.63, 3.8) is 0 Å². The van der Waals surface area contributed by atoms with Crippen LogP contribution < -0.4 is 5.32 Å². The molecule has 0 aromatic heterocycles. The number of halogens is 1. The summed E-state index contributed by atoms with van der Waals surface area (Å²) in [5, 5.41) is 3.61. The number of ether oxygens (including phenoxy) is 1. The topological polar surface area (TPSA) is 21.3 Å². The molecular formula is C18H20FNO. The summed E-state index contributed by atoms with van der Waals surface area (Å²) in [7, 11) is 0. The van der Waals surface area contributed by atoms with E-state index in [0.29, 0.717) is 5.92 Å². The van der Waals surface area contributed by atoms with Crippen molar-refractivity contribution < 1.29 is 9.13 Å². The quantitative estimate of drug-likeness (QED) is 0.907. The van der Waals surface area contributed by atoms with Crippen molar-refractivity contribution in [1.82, 2.24) is 5.32 Å². The van der Waals surface area contributed by atoms with Gasteiger partial charge in [0.2, 0.25) is 0 Å². The molecule has 0 aliphatic carbocycles. The molecule has 0 spiro atoms. The molecule has 2 nitrogen and oxygen atoms in total. The first kappa shape index (κ1) is 14.2. The lowest BCUT2D eigenvalue weighted by Gasteiger charge is -2.21. The molecule has 2 aromatic carbocycles. The second-order valence-corrected chi connectivity index (χ2v) is 5.53. The summed E-state index contributed by atoms with van der Waals surface area (Å²) in [4.78, 5) is 0. The lowest BCUT2D eigenvalue weighted by Crippen LogP contribution is -2.28. The van der Waals surface area contributed by atoms with Gasteiger partial charge in [-0.05, 0) is 35.6 Å². The van der Waals surface area contributed by atoms with Gasteiger partial charge in [0.25, 0.3) is 0 Å². The molecule has 21 heavy (non-hydrogen) atoms. The second-order valence-electron chi connectivity index (χ2n) is 5.53. The lowest BCUT2D eigenvalue weighted by atomic mass is 9.97. The van der Waals surface area contributed by atoms with Gasteiger partial charge in [0.05, 0.1) is 12.6 Å². The first-order valence-corrected chi connectivity index (χ1v) is 7.44. The molecule has 1 aliphatic rings. The smallest absolute Gasteiger partial charge is 0.123 e. The van der Waals surface area contributed by atoms with E-state index < -0.39 is 0 Å². The van der Waals surface area contributed by atoms with Crippen molar-refractivity contribution in [3.8, 4) is 0 Å². The largest absolute Gasteiger partial charge is 0.381 e. The van der Waals surface area contributed by atoms with Gasteiger partial charge in [-0.25, -0.2) is 4.39 Å². The Hall–Kier alpha value is -1.71. The second kappa shape index (κ2) is 6.83. The molecule has 3 rings (SSSR count). The maximum atomic E-state index is 13.1. The predicted octanol–water partition coefficient (Wildman–Crippen LogP) is 3.54. The highest BCUT2D eigenvalue weighted by molar-refractivity contribution is 5.31. The minimum atomic E-state index is -0.199. The van der Waals surface area contributed by atoms with Crippen LogP contribution >= 0.6 is 0 Å². The molecule has 2 aromatic rings. The Balaban J connectivity index is 1.78. The Bertz CT molecular complexity index is 549. The Morgan fingerprint density at radius 2 is 1.76 bits per heavy atom. The van der Waals surface area contributed by atoms with Crippen LogP contribution in [0.5, 0.6) is 0 Å². The molecule has 1 fully saturated rings. The van der Waals surface area contributed by atoms with E-state index >= 15 is 0 Å². The summed E-state index contributed by atoms with van der Waals surface area (Å²) >= 11 is 0. The van der Waals surface area contributed by atoms with Gasteiger partial charge in [-0.3, -0.25) is 0 Å². The number of benzene rings is 2. The van der Waals surface area contributed by atoms with E-state index in [1.165, 1.54) is 17.7 Å². The van der Waals surface area contributed by atoms with E-state index in [0.717, 1.165) is 31.7 Å². The van der Waals surface area contributed by atoms with Gasteiger partial charge < -0.3 is 10.1 Å². The average molecular weight is 285 g/mol. The summed E-state index contributed by atoms with van der Waals surface area (Å²) < 4.78 is 18.6. The van der Waals surface area contributed by atoms with Gasteiger partial charge in [0.1, 0.15) is 5.82 Å². The fraction of sp³-hybridized carbons (Fsp3) is 0.333. The van der Waals surface area contributed by atoms with Crippen LogP contribution in [0.2, 0.25) is 0 Å². The van der Waals surface area contributed by atoms with Gasteiger partial charge in [0, 0.05) is 13.2 Å². The zero-order valence-electron chi connectivity index (χ0n) is 12.0. The normalized spacial score (nSPS) is 19.6. The fourth-order valence-electron chi connectivity index (χ4n) is 2.76. The molecule has 0 radical (unpaired) electrons. The van der Waals surface area contributed by atoms with Crippen LogP contribution in [0.25, 0.3) is 0 Å². The van der Waals surface area contributed by atoms with E-state index in [1.54, 1.807) is 0 Å². The van der Waals surface area contributed by atoms with Gasteiger partial charge in [-0.1, -0.05) is 42.5 Å². The van der Waals surface area contributed by atoms with Crippen molar-refractivity contribution in [2.45, 2.75) is 12.5 Å². The van der Waals surface area contributed by atoms with Crippen molar-refractivity contribution in [3.05, 3.63) is 71.5 Å². The molecule has 2 unspecified atom stereocenters. The summed E-state index contributed by atoms with van der Waals surface area (Å²) in [5.74, 6) is 0.367. The Kier molecular flexibility index (Phi) is 4.63. The average Bonchev–Trinajstić information content (AvgIpc) is 3.04. The van der Waals surface area contributed by atoms with Crippen LogP contribution in [0, 0.1) is 11.7 Å². The maximum absolute atomic E-state index is 13.1. The van der Waals surface area contributed by atoms with E-state index in [9.17, 15) is 4.39 Å². The van der Waals surface area contributed by atoms with E-state index in [-0.39, 0.29) is 11.9 Å². The Morgan fingerprint density at radius 3 is 2.43 bits per heavy atom. The molecule has 0 amide bonds. The third-order valence-corrected chi connectivity index (χ3v) is 3.97. The molecule has 110 valence electrons. The van der Waals surface area contributed by atoms with E-state index in [4.69, 9.17) is 4.74 Å². The summed E-state index contributed by atoms with van der Waals surface area (Å²) in [6.45, 7) is 2.60. The maximum Gasteiger partial charge on any atom is 0.123 e. The predicted molar refractivity (Wildman–Crippen MR) is 81.6 cm³/mol. The van der Waals surface area contributed by atoms with Crippen molar-refractivity contribution in [2.24, 2.45) is 5.92 Å². The number of hydrogen-bond donors (Lipinski definition) is 1. The molecular weight excluding hydrogens is 265 g/mol. The highest BCUT2D eigenvalue weighted by atomic mass is 19.1. The van der Waals surface area contributed by atoms with Crippen molar-refractivity contribution in [1.29, 1.82) is 0 Å². The van der Waals surface area contributed by atoms with Gasteiger partial charge in [-0.2, -0.15) is 0 Å². The Morgan fingerprint density at radius 1 is 1.05 bits per heavy atom. The zero-order valence-corrected chi connectivity index (χ0v) is 12.0. The summed E-state index contributed by atoms with van der Waals surface area (Å²) in [6.07, 6.45) is 1.11. The molecule has 1 aliphatic heterocycles. The van der Waals surface area contributed by atoms with E-state index in [1.807, 2.05) is 30.3 Å². The van der Waals surface area contributed by atoms with Crippen LogP contribution in [-0.2, 0) is 4.74 Å². The summed E-state index contributed by atoms with van der Waals surface area (Å²) in [6, 6.07) is 17.1. The monoisotopic (exact) mass is 285 g/mol. The number of hydrogen-bond acceptors (Lipinski definition) is 2. The molecule has 1 N–H and O–H groups in total. The lowest BCUT2D eigenvalue weighted by molar-refractivity contribution is 0.185. The minimum absolute atomic E-state index is 0.0902. The molecule has 2 atom stereocenters. The third kappa shape index (κ3) is 3.69. The van der Waals surface area contributed by atoms with Gasteiger partial charge in [0.15, 0.2) is 0 Å². The Labute approximate surface area is 125 Å².